The minimum absolute atomic E-state index is 0.104. The summed E-state index contributed by atoms with van der Waals surface area (Å²) in [6.45, 7) is 5.31. The van der Waals surface area contributed by atoms with Crippen molar-refractivity contribution in [3.05, 3.63) is 0 Å². The molecule has 2 aliphatic rings. The van der Waals surface area contributed by atoms with Gasteiger partial charge in [-0.25, -0.2) is 4.79 Å². The third kappa shape index (κ3) is 3.15. The minimum Gasteiger partial charge on any atom is -0.340 e. The molecule has 1 saturated carbocycles. The number of hydrogen-bond acceptors (Lipinski definition) is 2. The third-order valence-corrected chi connectivity index (χ3v) is 3.71. The van der Waals surface area contributed by atoms with Gasteiger partial charge in [0.15, 0.2) is 0 Å². The number of amides is 3. The summed E-state index contributed by atoms with van der Waals surface area (Å²) < 4.78 is 0. The molecule has 2 N–H and O–H groups in total. The van der Waals surface area contributed by atoms with Crippen LogP contribution >= 0.6 is 0 Å². The van der Waals surface area contributed by atoms with Crippen molar-refractivity contribution in [1.82, 2.24) is 15.5 Å². The quantitative estimate of drug-likeness (QED) is 0.791. The summed E-state index contributed by atoms with van der Waals surface area (Å²) in [7, 11) is 0. The Labute approximate surface area is 108 Å². The molecule has 0 aromatic heterocycles. The second-order valence-corrected chi connectivity index (χ2v) is 5.67. The summed E-state index contributed by atoms with van der Waals surface area (Å²) in [5.74, 6) is 0.544. The largest absolute Gasteiger partial charge is 0.340 e. The lowest BCUT2D eigenvalue weighted by atomic mass is 9.84. The van der Waals surface area contributed by atoms with Gasteiger partial charge in [-0.2, -0.15) is 0 Å². The average Bonchev–Trinajstić information content (AvgIpc) is 2.61. The lowest BCUT2D eigenvalue weighted by Crippen LogP contribution is -2.46. The van der Waals surface area contributed by atoms with Gasteiger partial charge >= 0.3 is 6.03 Å². The molecule has 1 saturated heterocycles. The highest BCUT2D eigenvalue weighted by Crippen LogP contribution is 2.29. The van der Waals surface area contributed by atoms with Crippen LogP contribution in [0.25, 0.3) is 0 Å². The highest BCUT2D eigenvalue weighted by molar-refractivity contribution is 5.80. The van der Waals surface area contributed by atoms with Gasteiger partial charge in [-0.05, 0) is 33.1 Å². The van der Waals surface area contributed by atoms with E-state index in [-0.39, 0.29) is 29.9 Å². The van der Waals surface area contributed by atoms with Crippen molar-refractivity contribution in [2.24, 2.45) is 5.92 Å². The van der Waals surface area contributed by atoms with Crippen LogP contribution in [0, 0.1) is 5.92 Å². The van der Waals surface area contributed by atoms with Crippen LogP contribution in [0.2, 0.25) is 0 Å². The van der Waals surface area contributed by atoms with Crippen LogP contribution in [-0.4, -0.2) is 42.0 Å². The molecular formula is C13H23N3O2. The van der Waals surface area contributed by atoms with Crippen molar-refractivity contribution in [2.75, 3.05) is 13.1 Å². The van der Waals surface area contributed by atoms with E-state index in [0.29, 0.717) is 6.54 Å². The molecule has 0 radical (unpaired) electrons. The number of likely N-dealkylation sites (tertiary alicyclic amines) is 1. The topological polar surface area (TPSA) is 61.4 Å². The molecule has 0 aromatic carbocycles. The van der Waals surface area contributed by atoms with Gasteiger partial charge in [0, 0.05) is 31.1 Å². The molecule has 1 atom stereocenters. The van der Waals surface area contributed by atoms with Crippen molar-refractivity contribution in [3.8, 4) is 0 Å². The Kier molecular flexibility index (Phi) is 4.09. The van der Waals surface area contributed by atoms with Gasteiger partial charge < -0.3 is 15.5 Å². The highest BCUT2D eigenvalue weighted by atomic mass is 16.2. The normalized spacial score (nSPS) is 23.9. The number of urea groups is 1. The van der Waals surface area contributed by atoms with Crippen LogP contribution in [0.3, 0.4) is 0 Å². The number of carbonyl (C=O) groups excluding carboxylic acids is 2. The number of nitrogens with one attached hydrogen (secondary N) is 2. The second-order valence-electron chi connectivity index (χ2n) is 5.67. The number of rotatable bonds is 3. The van der Waals surface area contributed by atoms with Gasteiger partial charge in [0.1, 0.15) is 0 Å². The molecule has 0 aromatic rings. The fourth-order valence-electron chi connectivity index (χ4n) is 2.48. The van der Waals surface area contributed by atoms with Crippen molar-refractivity contribution in [1.29, 1.82) is 0 Å². The van der Waals surface area contributed by atoms with Crippen LogP contribution in [0.15, 0.2) is 0 Å². The predicted octanol–water partition coefficient (Wildman–Crippen LogP) is 1.09. The molecule has 3 amide bonds. The maximum Gasteiger partial charge on any atom is 0.315 e. The molecular weight excluding hydrogens is 230 g/mol. The maximum absolute atomic E-state index is 12.0. The molecule has 1 aliphatic heterocycles. The Morgan fingerprint density at radius 1 is 1.22 bits per heavy atom. The first-order valence-corrected chi connectivity index (χ1v) is 6.92. The summed E-state index contributed by atoms with van der Waals surface area (Å²) in [4.78, 5) is 25.5. The first-order valence-electron chi connectivity index (χ1n) is 6.92. The van der Waals surface area contributed by atoms with Gasteiger partial charge in [0.25, 0.3) is 0 Å². The van der Waals surface area contributed by atoms with Crippen LogP contribution in [0.5, 0.6) is 0 Å². The average molecular weight is 253 g/mol. The monoisotopic (exact) mass is 253 g/mol. The summed E-state index contributed by atoms with van der Waals surface area (Å²) in [6.07, 6.45) is 4.13. The zero-order chi connectivity index (χ0) is 13.1. The van der Waals surface area contributed by atoms with Gasteiger partial charge in [-0.15, -0.1) is 0 Å². The Morgan fingerprint density at radius 3 is 2.50 bits per heavy atom. The SMILES string of the molecule is CC(C)NC(=O)N[C@H]1CCN(C(=O)C2CCC2)C1. The fourth-order valence-corrected chi connectivity index (χ4v) is 2.48. The molecule has 2 rings (SSSR count). The van der Waals surface area contributed by atoms with Crippen LogP contribution in [0.1, 0.15) is 39.5 Å². The zero-order valence-electron chi connectivity index (χ0n) is 11.2. The first kappa shape index (κ1) is 13.2. The molecule has 18 heavy (non-hydrogen) atoms. The van der Waals surface area contributed by atoms with Gasteiger partial charge in [-0.1, -0.05) is 6.42 Å². The molecule has 0 spiro atoms. The lowest BCUT2D eigenvalue weighted by Gasteiger charge is -2.29. The molecule has 2 fully saturated rings. The zero-order valence-corrected chi connectivity index (χ0v) is 11.2. The minimum atomic E-state index is -0.132. The summed E-state index contributed by atoms with van der Waals surface area (Å²) in [6, 6.07) is 0.111. The van der Waals surface area contributed by atoms with Gasteiger partial charge in [-0.3, -0.25) is 4.79 Å². The summed E-state index contributed by atoms with van der Waals surface area (Å²) >= 11 is 0. The Bertz CT molecular complexity index is 326. The standard InChI is InChI=1S/C13H23N3O2/c1-9(2)14-13(18)15-11-6-7-16(8-11)12(17)10-4-3-5-10/h9-11H,3-8H2,1-2H3,(H2,14,15,18)/t11-/m0/s1. The predicted molar refractivity (Wildman–Crippen MR) is 69.1 cm³/mol. The van der Waals surface area contributed by atoms with E-state index in [4.69, 9.17) is 0 Å². The molecule has 1 aliphatic carbocycles. The third-order valence-electron chi connectivity index (χ3n) is 3.71. The van der Waals surface area contributed by atoms with E-state index in [1.807, 2.05) is 18.7 Å². The van der Waals surface area contributed by atoms with Crippen molar-refractivity contribution < 1.29 is 9.59 Å². The fraction of sp³-hybridized carbons (Fsp3) is 0.846. The Balaban J connectivity index is 1.74. The van der Waals surface area contributed by atoms with E-state index in [9.17, 15) is 9.59 Å². The molecule has 1 heterocycles. The van der Waals surface area contributed by atoms with E-state index >= 15 is 0 Å². The highest BCUT2D eigenvalue weighted by Gasteiger charge is 2.34. The van der Waals surface area contributed by atoms with Crippen LogP contribution in [0.4, 0.5) is 4.79 Å². The van der Waals surface area contributed by atoms with Crippen LogP contribution in [-0.2, 0) is 4.79 Å². The molecule has 0 bridgehead atoms. The summed E-state index contributed by atoms with van der Waals surface area (Å²) in [5, 5.41) is 5.73. The van der Waals surface area contributed by atoms with E-state index in [0.717, 1.165) is 25.8 Å². The van der Waals surface area contributed by atoms with Crippen molar-refractivity contribution >= 4 is 11.9 Å². The molecule has 5 heteroatoms. The van der Waals surface area contributed by atoms with Gasteiger partial charge in [0.05, 0.1) is 0 Å². The smallest absolute Gasteiger partial charge is 0.315 e. The van der Waals surface area contributed by atoms with E-state index in [1.165, 1.54) is 6.42 Å². The molecule has 102 valence electrons. The van der Waals surface area contributed by atoms with E-state index < -0.39 is 0 Å². The second kappa shape index (κ2) is 5.59. The van der Waals surface area contributed by atoms with E-state index in [2.05, 4.69) is 10.6 Å². The lowest BCUT2D eigenvalue weighted by molar-refractivity contribution is -0.137. The number of carbonyl (C=O) groups is 2. The first-order chi connectivity index (χ1) is 8.56. The maximum atomic E-state index is 12.0. The van der Waals surface area contributed by atoms with Crippen molar-refractivity contribution in [3.63, 3.8) is 0 Å². The Morgan fingerprint density at radius 2 is 1.94 bits per heavy atom. The van der Waals surface area contributed by atoms with Crippen molar-refractivity contribution in [2.45, 2.75) is 51.6 Å². The molecule has 5 nitrogen and oxygen atoms in total. The number of hydrogen-bond donors (Lipinski definition) is 2. The summed E-state index contributed by atoms with van der Waals surface area (Å²) in [5.41, 5.74) is 0. The Hall–Kier alpha value is -1.26. The molecule has 0 unspecified atom stereocenters. The van der Waals surface area contributed by atoms with Gasteiger partial charge in [0.2, 0.25) is 5.91 Å². The van der Waals surface area contributed by atoms with E-state index in [1.54, 1.807) is 0 Å². The van der Waals surface area contributed by atoms with Crippen LogP contribution < -0.4 is 10.6 Å². The number of nitrogens with zero attached hydrogens (tertiary/aromatic N) is 1.